The largest absolute Gasteiger partial charge is 0.416 e. The van der Waals surface area contributed by atoms with Crippen LogP contribution in [-0.4, -0.2) is 27.9 Å². The molecule has 0 saturated carbocycles. The van der Waals surface area contributed by atoms with Crippen molar-refractivity contribution in [2.45, 2.75) is 0 Å². The van der Waals surface area contributed by atoms with E-state index in [0.717, 1.165) is 17.7 Å². The predicted molar refractivity (Wildman–Crippen MR) is 130 cm³/mol. The molecule has 0 aliphatic carbocycles. The zero-order valence-electron chi connectivity index (χ0n) is 18.4. The van der Waals surface area contributed by atoms with Gasteiger partial charge in [-0.15, -0.1) is 0 Å². The SMILES string of the molecule is O=C(NN=Cc1ccc(OC(=O)c2cccc3ccccc23)c([N+](=O)[O-])c1)c1ccccc1[N+](=O)[O-]. The number of carbonyl (C=O) groups excluding carboxylic acids is 2. The summed E-state index contributed by atoms with van der Waals surface area (Å²) in [7, 11) is 0. The molecule has 1 amide bonds. The van der Waals surface area contributed by atoms with Gasteiger partial charge < -0.3 is 4.74 Å². The highest BCUT2D eigenvalue weighted by atomic mass is 16.6. The Hall–Kier alpha value is -5.45. The summed E-state index contributed by atoms with van der Waals surface area (Å²) in [4.78, 5) is 46.3. The highest BCUT2D eigenvalue weighted by Gasteiger charge is 2.21. The van der Waals surface area contributed by atoms with Crippen LogP contribution in [0.2, 0.25) is 0 Å². The molecule has 4 aromatic rings. The van der Waals surface area contributed by atoms with E-state index in [4.69, 9.17) is 4.74 Å². The zero-order chi connectivity index (χ0) is 25.7. The molecular formula is C25H16N4O7. The van der Waals surface area contributed by atoms with Crippen LogP contribution in [0.25, 0.3) is 10.8 Å². The summed E-state index contributed by atoms with van der Waals surface area (Å²) in [6.45, 7) is 0. The van der Waals surface area contributed by atoms with E-state index < -0.39 is 33.1 Å². The van der Waals surface area contributed by atoms with Gasteiger partial charge in [0.25, 0.3) is 11.6 Å². The van der Waals surface area contributed by atoms with Crippen molar-refractivity contribution in [1.29, 1.82) is 0 Å². The molecule has 0 aliphatic heterocycles. The standard InChI is InChI=1S/C25H16N4O7/c30-24(20-9-3-4-11-21(20)28(32)33)27-26-15-16-12-13-23(22(14-16)29(34)35)36-25(31)19-10-5-7-17-6-1-2-8-18(17)19/h1-15H,(H,27,30). The number of hydrogen-bond acceptors (Lipinski definition) is 8. The van der Waals surface area contributed by atoms with Crippen LogP contribution in [0.3, 0.4) is 0 Å². The number of benzene rings is 4. The van der Waals surface area contributed by atoms with Crippen molar-refractivity contribution >= 4 is 40.2 Å². The number of hydrazone groups is 1. The van der Waals surface area contributed by atoms with E-state index in [1.54, 1.807) is 24.3 Å². The van der Waals surface area contributed by atoms with Gasteiger partial charge in [0.05, 0.1) is 21.6 Å². The summed E-state index contributed by atoms with van der Waals surface area (Å²) in [6, 6.07) is 21.4. The minimum Gasteiger partial charge on any atom is -0.416 e. The highest BCUT2D eigenvalue weighted by molar-refractivity contribution is 6.05. The van der Waals surface area contributed by atoms with Crippen molar-refractivity contribution in [3.8, 4) is 5.75 Å². The molecule has 0 fully saturated rings. The fraction of sp³-hybridized carbons (Fsp3) is 0. The van der Waals surface area contributed by atoms with E-state index >= 15 is 0 Å². The van der Waals surface area contributed by atoms with Crippen LogP contribution in [0.1, 0.15) is 26.3 Å². The quantitative estimate of drug-likeness (QED) is 0.132. The number of esters is 1. The van der Waals surface area contributed by atoms with Crippen LogP contribution in [0.5, 0.6) is 5.75 Å². The van der Waals surface area contributed by atoms with Gasteiger partial charge in [0, 0.05) is 17.7 Å². The first-order valence-electron chi connectivity index (χ1n) is 10.4. The average Bonchev–Trinajstić information content (AvgIpc) is 2.88. The Bertz CT molecular complexity index is 1540. The van der Waals surface area contributed by atoms with Gasteiger partial charge in [-0.1, -0.05) is 48.5 Å². The number of ether oxygens (including phenoxy) is 1. The van der Waals surface area contributed by atoms with E-state index in [9.17, 15) is 29.8 Å². The van der Waals surface area contributed by atoms with Crippen LogP contribution in [-0.2, 0) is 0 Å². The van der Waals surface area contributed by atoms with Gasteiger partial charge >= 0.3 is 11.7 Å². The third kappa shape index (κ3) is 5.04. The Morgan fingerprint density at radius 3 is 2.25 bits per heavy atom. The lowest BCUT2D eigenvalue weighted by Gasteiger charge is -2.08. The van der Waals surface area contributed by atoms with E-state index in [2.05, 4.69) is 10.5 Å². The maximum atomic E-state index is 12.8. The third-order valence-electron chi connectivity index (χ3n) is 5.12. The summed E-state index contributed by atoms with van der Waals surface area (Å²) in [5.74, 6) is -1.85. The summed E-state index contributed by atoms with van der Waals surface area (Å²) >= 11 is 0. The van der Waals surface area contributed by atoms with E-state index in [0.29, 0.717) is 5.39 Å². The number of amides is 1. The second-order valence-corrected chi connectivity index (χ2v) is 7.37. The lowest BCUT2D eigenvalue weighted by atomic mass is 10.0. The van der Waals surface area contributed by atoms with Crippen molar-refractivity contribution in [2.75, 3.05) is 0 Å². The maximum absolute atomic E-state index is 12.8. The Morgan fingerprint density at radius 1 is 0.806 bits per heavy atom. The molecule has 0 radical (unpaired) electrons. The van der Waals surface area contributed by atoms with Gasteiger partial charge in [-0.05, 0) is 35.0 Å². The summed E-state index contributed by atoms with van der Waals surface area (Å²) in [5.41, 5.74) is 1.55. The van der Waals surface area contributed by atoms with Crippen molar-refractivity contribution in [3.05, 3.63) is 122 Å². The third-order valence-corrected chi connectivity index (χ3v) is 5.12. The normalized spacial score (nSPS) is 10.8. The van der Waals surface area contributed by atoms with Gasteiger partial charge in [0.1, 0.15) is 5.56 Å². The van der Waals surface area contributed by atoms with E-state index in [-0.39, 0.29) is 22.4 Å². The zero-order valence-corrected chi connectivity index (χ0v) is 18.4. The molecule has 0 spiro atoms. The molecule has 0 unspecified atom stereocenters. The number of para-hydroxylation sites is 1. The molecule has 0 bridgehead atoms. The van der Waals surface area contributed by atoms with Crippen molar-refractivity contribution < 1.29 is 24.2 Å². The lowest BCUT2D eigenvalue weighted by Crippen LogP contribution is -2.19. The molecule has 0 aliphatic rings. The van der Waals surface area contributed by atoms with Crippen LogP contribution >= 0.6 is 0 Å². The predicted octanol–water partition coefficient (Wildman–Crippen LogP) is 4.64. The van der Waals surface area contributed by atoms with E-state index in [1.807, 2.05) is 18.2 Å². The van der Waals surface area contributed by atoms with Crippen molar-refractivity contribution in [2.24, 2.45) is 5.10 Å². The smallest absolute Gasteiger partial charge is 0.344 e. The number of rotatable bonds is 7. The number of fused-ring (bicyclic) bond motifs is 1. The topological polar surface area (TPSA) is 154 Å². The number of nitrogens with zero attached hydrogens (tertiary/aromatic N) is 3. The molecule has 4 aromatic carbocycles. The maximum Gasteiger partial charge on any atom is 0.344 e. The van der Waals surface area contributed by atoms with Crippen molar-refractivity contribution in [1.82, 2.24) is 5.43 Å². The molecule has 178 valence electrons. The number of nitro groups is 2. The van der Waals surface area contributed by atoms with Gasteiger partial charge in [0.2, 0.25) is 5.75 Å². The fourth-order valence-electron chi connectivity index (χ4n) is 3.45. The van der Waals surface area contributed by atoms with Crippen LogP contribution in [0.4, 0.5) is 11.4 Å². The first kappa shape index (κ1) is 23.7. The Morgan fingerprint density at radius 2 is 1.47 bits per heavy atom. The van der Waals surface area contributed by atoms with Crippen molar-refractivity contribution in [3.63, 3.8) is 0 Å². The fourth-order valence-corrected chi connectivity index (χ4v) is 3.45. The second-order valence-electron chi connectivity index (χ2n) is 7.37. The molecule has 11 nitrogen and oxygen atoms in total. The molecule has 1 N–H and O–H groups in total. The highest BCUT2D eigenvalue weighted by Crippen LogP contribution is 2.29. The molecule has 0 heterocycles. The number of nitro benzene ring substituents is 2. The molecule has 11 heteroatoms. The van der Waals surface area contributed by atoms with Gasteiger partial charge in [-0.25, -0.2) is 10.2 Å². The number of carbonyl (C=O) groups is 2. The lowest BCUT2D eigenvalue weighted by molar-refractivity contribution is -0.385. The molecule has 0 aromatic heterocycles. The molecule has 36 heavy (non-hydrogen) atoms. The second kappa shape index (κ2) is 10.2. The van der Waals surface area contributed by atoms with Crippen LogP contribution < -0.4 is 10.2 Å². The summed E-state index contributed by atoms with van der Waals surface area (Å²) in [5, 5.41) is 27.9. The monoisotopic (exact) mass is 484 g/mol. The molecule has 0 saturated heterocycles. The molecule has 4 rings (SSSR count). The van der Waals surface area contributed by atoms with Gasteiger partial charge in [0.15, 0.2) is 0 Å². The average molecular weight is 484 g/mol. The first-order chi connectivity index (χ1) is 17.3. The first-order valence-corrected chi connectivity index (χ1v) is 10.4. The summed E-state index contributed by atoms with van der Waals surface area (Å²) < 4.78 is 5.33. The molecule has 0 atom stereocenters. The van der Waals surface area contributed by atoms with E-state index in [1.165, 1.54) is 36.4 Å². The Kier molecular flexibility index (Phi) is 6.73. The number of hydrogen-bond donors (Lipinski definition) is 1. The van der Waals surface area contributed by atoms with Crippen LogP contribution in [0.15, 0.2) is 90.0 Å². The minimum absolute atomic E-state index is 0.193. The Labute approximate surface area is 202 Å². The number of nitrogens with one attached hydrogen (secondary N) is 1. The van der Waals surface area contributed by atoms with Gasteiger partial charge in [-0.3, -0.25) is 25.0 Å². The summed E-state index contributed by atoms with van der Waals surface area (Å²) in [6.07, 6.45) is 1.12. The van der Waals surface area contributed by atoms with Crippen LogP contribution in [0, 0.1) is 20.2 Å². The molecular weight excluding hydrogens is 468 g/mol. The Balaban J connectivity index is 1.53. The minimum atomic E-state index is -0.825. The van der Waals surface area contributed by atoms with Gasteiger partial charge in [-0.2, -0.15) is 5.10 Å².